The number of nitrogens with zero attached hydrogens (tertiary/aromatic N) is 2. The van der Waals surface area contributed by atoms with Crippen LogP contribution in [0.2, 0.25) is 5.02 Å². The van der Waals surface area contributed by atoms with Crippen molar-refractivity contribution in [3.63, 3.8) is 0 Å². The van der Waals surface area contributed by atoms with E-state index in [1.54, 1.807) is 24.9 Å². The molecule has 2 aromatic rings. The molecule has 1 heterocycles. The van der Waals surface area contributed by atoms with Gasteiger partial charge in [0.1, 0.15) is 17.0 Å². The number of hydrogen-bond donors (Lipinski definition) is 0. The summed E-state index contributed by atoms with van der Waals surface area (Å²) in [7, 11) is 1.74. The van der Waals surface area contributed by atoms with Crippen LogP contribution >= 0.6 is 11.6 Å². The van der Waals surface area contributed by atoms with Gasteiger partial charge in [0, 0.05) is 19.2 Å². The third-order valence-electron chi connectivity index (χ3n) is 3.03. The van der Waals surface area contributed by atoms with Crippen LogP contribution < -0.4 is 0 Å². The minimum atomic E-state index is -0.115. The van der Waals surface area contributed by atoms with Crippen molar-refractivity contribution < 1.29 is 9.32 Å². The Morgan fingerprint density at radius 1 is 1.42 bits per heavy atom. The summed E-state index contributed by atoms with van der Waals surface area (Å²) in [5, 5.41) is 4.52. The summed E-state index contributed by atoms with van der Waals surface area (Å²) < 4.78 is 5.16. The van der Waals surface area contributed by atoms with Gasteiger partial charge in [-0.05, 0) is 19.9 Å². The zero-order valence-corrected chi connectivity index (χ0v) is 11.9. The number of halogens is 1. The zero-order chi connectivity index (χ0) is 14.0. The summed E-state index contributed by atoms with van der Waals surface area (Å²) in [6.07, 6.45) is 0. The summed E-state index contributed by atoms with van der Waals surface area (Å²) in [4.78, 5) is 14.0. The Hall–Kier alpha value is -1.81. The number of aryl methyl sites for hydroxylation is 1. The predicted octanol–water partition coefficient (Wildman–Crippen LogP) is 3.40. The first-order chi connectivity index (χ1) is 9.06. The van der Waals surface area contributed by atoms with Crippen LogP contribution in [0.1, 0.15) is 23.0 Å². The van der Waals surface area contributed by atoms with Crippen molar-refractivity contribution in [2.45, 2.75) is 13.8 Å². The van der Waals surface area contributed by atoms with E-state index in [1.807, 2.05) is 25.1 Å². The van der Waals surface area contributed by atoms with Crippen LogP contribution in [0.15, 0.2) is 28.8 Å². The van der Waals surface area contributed by atoms with Crippen LogP contribution in [-0.4, -0.2) is 29.6 Å². The van der Waals surface area contributed by atoms with Gasteiger partial charge in [-0.1, -0.05) is 35.0 Å². The van der Waals surface area contributed by atoms with Gasteiger partial charge in [-0.15, -0.1) is 0 Å². The molecule has 4 nitrogen and oxygen atoms in total. The van der Waals surface area contributed by atoms with Crippen LogP contribution in [0.25, 0.3) is 11.3 Å². The molecule has 0 saturated carbocycles. The Morgan fingerprint density at radius 3 is 2.74 bits per heavy atom. The van der Waals surface area contributed by atoms with Crippen molar-refractivity contribution in [2.24, 2.45) is 0 Å². The highest BCUT2D eigenvalue weighted by atomic mass is 35.5. The van der Waals surface area contributed by atoms with Crippen LogP contribution in [0.4, 0.5) is 0 Å². The van der Waals surface area contributed by atoms with Crippen molar-refractivity contribution in [1.29, 1.82) is 0 Å². The normalized spacial score (nSPS) is 10.5. The van der Waals surface area contributed by atoms with Gasteiger partial charge in [0.25, 0.3) is 5.91 Å². The number of benzene rings is 1. The molecule has 5 heteroatoms. The van der Waals surface area contributed by atoms with Crippen molar-refractivity contribution in [2.75, 3.05) is 13.6 Å². The highest BCUT2D eigenvalue weighted by Crippen LogP contribution is 2.31. The van der Waals surface area contributed by atoms with E-state index in [2.05, 4.69) is 5.16 Å². The maximum absolute atomic E-state index is 12.3. The van der Waals surface area contributed by atoms with E-state index in [4.69, 9.17) is 16.1 Å². The first kappa shape index (κ1) is 13.6. The average Bonchev–Trinajstić information content (AvgIpc) is 2.79. The smallest absolute Gasteiger partial charge is 0.259 e. The number of aromatic nitrogens is 1. The van der Waals surface area contributed by atoms with E-state index < -0.39 is 0 Å². The van der Waals surface area contributed by atoms with E-state index in [9.17, 15) is 4.79 Å². The third-order valence-corrected chi connectivity index (χ3v) is 3.36. The average molecular weight is 279 g/mol. The molecule has 1 aromatic heterocycles. The fourth-order valence-electron chi connectivity index (χ4n) is 1.80. The molecule has 0 atom stereocenters. The Kier molecular flexibility index (Phi) is 3.90. The third kappa shape index (κ3) is 2.49. The van der Waals surface area contributed by atoms with Gasteiger partial charge in [-0.3, -0.25) is 4.79 Å². The monoisotopic (exact) mass is 278 g/mol. The predicted molar refractivity (Wildman–Crippen MR) is 74.3 cm³/mol. The molecule has 0 unspecified atom stereocenters. The Morgan fingerprint density at radius 2 is 2.11 bits per heavy atom. The molecule has 0 spiro atoms. The second-order valence-electron chi connectivity index (χ2n) is 4.26. The van der Waals surface area contributed by atoms with E-state index in [-0.39, 0.29) is 5.91 Å². The molecule has 0 aliphatic rings. The second kappa shape index (κ2) is 5.45. The molecule has 2 rings (SSSR count). The van der Waals surface area contributed by atoms with Crippen molar-refractivity contribution in [3.05, 3.63) is 40.6 Å². The summed E-state index contributed by atoms with van der Waals surface area (Å²) >= 11 is 6.15. The SMILES string of the molecule is CCN(C)C(=O)c1c(-c2ccccc2Cl)noc1C. The van der Waals surface area contributed by atoms with Crippen molar-refractivity contribution in [1.82, 2.24) is 10.1 Å². The summed E-state index contributed by atoms with van der Waals surface area (Å²) in [5.74, 6) is 0.386. The molecule has 0 saturated heterocycles. The van der Waals surface area contributed by atoms with Gasteiger partial charge >= 0.3 is 0 Å². The van der Waals surface area contributed by atoms with Crippen LogP contribution in [-0.2, 0) is 0 Å². The molecule has 0 radical (unpaired) electrons. The Balaban J connectivity index is 2.55. The number of carbonyl (C=O) groups is 1. The highest BCUT2D eigenvalue weighted by molar-refractivity contribution is 6.33. The van der Waals surface area contributed by atoms with Crippen molar-refractivity contribution in [3.8, 4) is 11.3 Å². The molecular weight excluding hydrogens is 264 g/mol. The van der Waals surface area contributed by atoms with E-state index in [0.29, 0.717) is 34.1 Å². The first-order valence-electron chi connectivity index (χ1n) is 6.02. The number of carbonyl (C=O) groups excluding carboxylic acids is 1. The maximum Gasteiger partial charge on any atom is 0.259 e. The first-order valence-corrected chi connectivity index (χ1v) is 6.40. The largest absolute Gasteiger partial charge is 0.360 e. The molecular formula is C14H15ClN2O2. The van der Waals surface area contributed by atoms with Gasteiger partial charge < -0.3 is 9.42 Å². The van der Waals surface area contributed by atoms with E-state index in [1.165, 1.54) is 0 Å². The second-order valence-corrected chi connectivity index (χ2v) is 4.67. The molecule has 0 bridgehead atoms. The van der Waals surface area contributed by atoms with Crippen LogP contribution in [0.5, 0.6) is 0 Å². The molecule has 1 amide bonds. The molecule has 0 aliphatic carbocycles. The summed E-state index contributed by atoms with van der Waals surface area (Å²) in [6, 6.07) is 7.27. The molecule has 19 heavy (non-hydrogen) atoms. The Bertz CT molecular complexity index is 607. The van der Waals surface area contributed by atoms with Crippen LogP contribution in [0, 0.1) is 6.92 Å². The lowest BCUT2D eigenvalue weighted by molar-refractivity contribution is 0.0801. The summed E-state index contributed by atoms with van der Waals surface area (Å²) in [5.41, 5.74) is 1.67. The fourth-order valence-corrected chi connectivity index (χ4v) is 2.02. The van der Waals surface area contributed by atoms with Gasteiger partial charge in [0.2, 0.25) is 0 Å². The van der Waals surface area contributed by atoms with Gasteiger partial charge in [-0.25, -0.2) is 0 Å². The highest BCUT2D eigenvalue weighted by Gasteiger charge is 2.24. The number of rotatable bonds is 3. The Labute approximate surface area is 117 Å². The van der Waals surface area contributed by atoms with Gasteiger partial charge in [-0.2, -0.15) is 0 Å². The lowest BCUT2D eigenvalue weighted by atomic mass is 10.1. The molecule has 1 aromatic carbocycles. The molecule has 0 N–H and O–H groups in total. The number of hydrogen-bond acceptors (Lipinski definition) is 3. The minimum Gasteiger partial charge on any atom is -0.360 e. The standard InChI is InChI=1S/C14H15ClN2O2/c1-4-17(3)14(18)12-9(2)19-16-13(12)10-7-5-6-8-11(10)15/h5-8H,4H2,1-3H3. The fraction of sp³-hybridized carbons (Fsp3) is 0.286. The minimum absolute atomic E-state index is 0.115. The van der Waals surface area contributed by atoms with E-state index >= 15 is 0 Å². The van der Waals surface area contributed by atoms with Crippen molar-refractivity contribution >= 4 is 17.5 Å². The van der Waals surface area contributed by atoms with E-state index in [0.717, 1.165) is 0 Å². The van der Waals surface area contributed by atoms with Gasteiger partial charge in [0.15, 0.2) is 0 Å². The topological polar surface area (TPSA) is 46.3 Å². The lowest BCUT2D eigenvalue weighted by Gasteiger charge is -2.14. The lowest BCUT2D eigenvalue weighted by Crippen LogP contribution is -2.26. The molecule has 0 aliphatic heterocycles. The van der Waals surface area contributed by atoms with Gasteiger partial charge in [0.05, 0.1) is 5.02 Å². The number of amides is 1. The quantitative estimate of drug-likeness (QED) is 0.864. The molecule has 0 fully saturated rings. The zero-order valence-electron chi connectivity index (χ0n) is 11.1. The van der Waals surface area contributed by atoms with Crippen LogP contribution in [0.3, 0.4) is 0 Å². The maximum atomic E-state index is 12.3. The summed E-state index contributed by atoms with van der Waals surface area (Å²) in [6.45, 7) is 4.26. The molecule has 100 valence electrons.